The van der Waals surface area contributed by atoms with E-state index < -0.39 is 17.3 Å². The summed E-state index contributed by atoms with van der Waals surface area (Å²) < 4.78 is 0. The van der Waals surface area contributed by atoms with Gasteiger partial charge in [-0.25, -0.2) is 0 Å². The van der Waals surface area contributed by atoms with Gasteiger partial charge in [-0.15, -0.1) is 0 Å². The van der Waals surface area contributed by atoms with E-state index in [0.717, 1.165) is 51.4 Å². The van der Waals surface area contributed by atoms with Crippen LogP contribution in [0.5, 0.6) is 0 Å². The second-order valence-corrected chi connectivity index (χ2v) is 17.1. The van der Waals surface area contributed by atoms with E-state index in [1.807, 2.05) is 0 Å². The highest BCUT2D eigenvalue weighted by Crippen LogP contribution is 2.18. The highest BCUT2D eigenvalue weighted by atomic mass is 16.2. The van der Waals surface area contributed by atoms with Crippen LogP contribution in [0.3, 0.4) is 0 Å². The topological polar surface area (TPSA) is 51.2 Å². The van der Waals surface area contributed by atoms with Gasteiger partial charge in [0, 0.05) is 12.8 Å². The zero-order chi connectivity index (χ0) is 40.2. The molecule has 0 aliphatic rings. The zero-order valence-corrected chi connectivity index (χ0v) is 36.8. The van der Waals surface area contributed by atoms with Crippen molar-refractivity contribution in [3.05, 3.63) is 70.8 Å². The SMILES string of the molecule is CCc1cccc(CCCCCCCCCCCCCCCCCC(=O)C(=O)C(=O)CCCCCCCCCCCCCCCCCc2cccc(CC)c2)c1. The van der Waals surface area contributed by atoms with E-state index in [2.05, 4.69) is 62.4 Å². The Kier molecular flexibility index (Phi) is 31.5. The minimum Gasteiger partial charge on any atom is -0.290 e. The summed E-state index contributed by atoms with van der Waals surface area (Å²) in [5, 5.41) is 0. The van der Waals surface area contributed by atoms with Gasteiger partial charge in [0.1, 0.15) is 0 Å². The quantitative estimate of drug-likeness (QED) is 0.0385. The van der Waals surface area contributed by atoms with Gasteiger partial charge in [-0.1, -0.05) is 229 Å². The molecule has 2 aromatic carbocycles. The summed E-state index contributed by atoms with van der Waals surface area (Å²) in [6.45, 7) is 4.46. The first kappa shape index (κ1) is 49.6. The number of hydrogen-bond donors (Lipinski definition) is 0. The second-order valence-electron chi connectivity index (χ2n) is 17.1. The van der Waals surface area contributed by atoms with Crippen LogP contribution in [-0.2, 0) is 40.1 Å². The zero-order valence-electron chi connectivity index (χ0n) is 36.8. The highest BCUT2D eigenvalue weighted by molar-refractivity contribution is 6.63. The molecule has 0 aromatic heterocycles. The number of Topliss-reactive ketones (excluding diaryl/α,β-unsaturated/α-hetero) is 3. The van der Waals surface area contributed by atoms with Crippen LogP contribution >= 0.6 is 0 Å². The highest BCUT2D eigenvalue weighted by Gasteiger charge is 2.21. The van der Waals surface area contributed by atoms with Gasteiger partial charge in [-0.3, -0.25) is 14.4 Å². The second kappa shape index (κ2) is 35.6. The average Bonchev–Trinajstić information content (AvgIpc) is 3.22. The van der Waals surface area contributed by atoms with E-state index in [1.165, 1.54) is 189 Å². The number of hydrogen-bond acceptors (Lipinski definition) is 3. The molecule has 0 saturated carbocycles. The van der Waals surface area contributed by atoms with Crippen molar-refractivity contribution < 1.29 is 14.4 Å². The number of ketones is 3. The Morgan fingerprint density at radius 3 is 0.821 bits per heavy atom. The summed E-state index contributed by atoms with van der Waals surface area (Å²) in [4.78, 5) is 36.8. The van der Waals surface area contributed by atoms with Crippen LogP contribution in [0.25, 0.3) is 0 Å². The number of unbranched alkanes of at least 4 members (excludes halogenated alkanes) is 28. The summed E-state index contributed by atoms with van der Waals surface area (Å²) in [5.74, 6) is -1.67. The Balaban J connectivity index is 1.25. The monoisotopic (exact) mass is 771 g/mol. The van der Waals surface area contributed by atoms with Crippen LogP contribution in [0.2, 0.25) is 0 Å². The van der Waals surface area contributed by atoms with Crippen molar-refractivity contribution in [2.45, 2.75) is 245 Å². The van der Waals surface area contributed by atoms with Gasteiger partial charge in [0.05, 0.1) is 0 Å². The molecule has 2 rings (SSSR count). The molecule has 0 atom stereocenters. The van der Waals surface area contributed by atoms with Crippen LogP contribution in [-0.4, -0.2) is 17.3 Å². The number of carbonyl (C=O) groups excluding carboxylic acids is 3. The fourth-order valence-corrected chi connectivity index (χ4v) is 8.22. The summed E-state index contributed by atoms with van der Waals surface area (Å²) in [7, 11) is 0. The van der Waals surface area contributed by atoms with Crippen LogP contribution in [0, 0.1) is 0 Å². The molecule has 0 aliphatic carbocycles. The molecule has 3 heteroatoms. The molecule has 0 radical (unpaired) electrons. The first-order valence-electron chi connectivity index (χ1n) is 24.3. The molecule has 0 heterocycles. The van der Waals surface area contributed by atoms with Crippen LogP contribution in [0.15, 0.2) is 48.5 Å². The lowest BCUT2D eigenvalue weighted by Crippen LogP contribution is -2.23. The van der Waals surface area contributed by atoms with Gasteiger partial charge in [0.15, 0.2) is 0 Å². The smallest absolute Gasteiger partial charge is 0.264 e. The fourth-order valence-electron chi connectivity index (χ4n) is 8.22. The number of carbonyl (C=O) groups is 3. The molecule has 316 valence electrons. The lowest BCUT2D eigenvalue weighted by atomic mass is 10.00. The predicted octanol–water partition coefficient (Wildman–Crippen LogP) is 15.8. The van der Waals surface area contributed by atoms with Crippen LogP contribution in [0.4, 0.5) is 0 Å². The molecule has 3 nitrogen and oxygen atoms in total. The summed E-state index contributed by atoms with van der Waals surface area (Å²) in [6, 6.07) is 18.2. The Hall–Kier alpha value is -2.55. The summed E-state index contributed by atoms with van der Waals surface area (Å²) in [5.41, 5.74) is 5.92. The third-order valence-corrected chi connectivity index (χ3v) is 12.0. The van der Waals surface area contributed by atoms with Crippen molar-refractivity contribution in [2.75, 3.05) is 0 Å². The normalized spacial score (nSPS) is 11.3. The largest absolute Gasteiger partial charge is 0.290 e. The van der Waals surface area contributed by atoms with E-state index in [9.17, 15) is 14.4 Å². The Morgan fingerprint density at radius 1 is 0.321 bits per heavy atom. The maximum Gasteiger partial charge on any atom is 0.264 e. The van der Waals surface area contributed by atoms with Crippen molar-refractivity contribution in [1.29, 1.82) is 0 Å². The van der Waals surface area contributed by atoms with Crippen molar-refractivity contribution in [3.63, 3.8) is 0 Å². The Morgan fingerprint density at radius 2 is 0.554 bits per heavy atom. The van der Waals surface area contributed by atoms with Crippen LogP contribution in [0.1, 0.15) is 242 Å². The van der Waals surface area contributed by atoms with Gasteiger partial charge in [-0.05, 0) is 73.6 Å². The average molecular weight is 771 g/mol. The first-order chi connectivity index (χ1) is 27.5. The lowest BCUT2D eigenvalue weighted by Gasteiger charge is -2.05. The van der Waals surface area contributed by atoms with E-state index >= 15 is 0 Å². The molecule has 0 fully saturated rings. The first-order valence-corrected chi connectivity index (χ1v) is 24.3. The maximum atomic E-state index is 12.3. The molecule has 0 spiro atoms. The van der Waals surface area contributed by atoms with Gasteiger partial charge in [0.25, 0.3) is 5.78 Å². The standard InChI is InChI=1S/C53H86O3/c1-3-47-39-35-41-49(45-47)37-31-27-23-19-15-11-7-5-9-13-17-21-25-29-33-43-51(54)53(56)52(55)44-34-30-26-22-18-14-10-6-8-12-16-20-24-28-32-38-50-42-36-40-48(4-2)46-50/h35-36,39-42,45-46H,3-34,37-38,43-44H2,1-2H3. The lowest BCUT2D eigenvalue weighted by molar-refractivity contribution is -0.144. The number of benzene rings is 2. The van der Waals surface area contributed by atoms with Crippen molar-refractivity contribution in [2.24, 2.45) is 0 Å². The molecule has 0 bridgehead atoms. The molecule has 0 unspecified atom stereocenters. The number of rotatable bonds is 40. The van der Waals surface area contributed by atoms with Crippen LogP contribution < -0.4 is 0 Å². The minimum absolute atomic E-state index is 0.242. The van der Waals surface area contributed by atoms with Gasteiger partial charge < -0.3 is 0 Å². The number of aryl methyl sites for hydroxylation is 4. The molecule has 56 heavy (non-hydrogen) atoms. The van der Waals surface area contributed by atoms with Gasteiger partial charge in [0.2, 0.25) is 11.6 Å². The summed E-state index contributed by atoms with van der Waals surface area (Å²) >= 11 is 0. The van der Waals surface area contributed by atoms with Crippen molar-refractivity contribution >= 4 is 17.3 Å². The fraction of sp³-hybridized carbons (Fsp3) is 0.717. The third-order valence-electron chi connectivity index (χ3n) is 12.0. The van der Waals surface area contributed by atoms with Crippen molar-refractivity contribution in [3.8, 4) is 0 Å². The van der Waals surface area contributed by atoms with E-state index in [0.29, 0.717) is 0 Å². The molecule has 0 aliphatic heterocycles. The molecular formula is C53H86O3. The predicted molar refractivity (Wildman–Crippen MR) is 242 cm³/mol. The van der Waals surface area contributed by atoms with E-state index in [4.69, 9.17) is 0 Å². The van der Waals surface area contributed by atoms with E-state index in [-0.39, 0.29) is 12.8 Å². The van der Waals surface area contributed by atoms with Gasteiger partial charge >= 0.3 is 0 Å². The molecule has 0 saturated heterocycles. The molecule has 2 aromatic rings. The summed E-state index contributed by atoms with van der Waals surface area (Å²) in [6.07, 6.45) is 43.0. The molecule has 0 amide bonds. The maximum absolute atomic E-state index is 12.3. The third kappa shape index (κ3) is 27.1. The Bertz CT molecular complexity index is 1170. The van der Waals surface area contributed by atoms with Crippen molar-refractivity contribution in [1.82, 2.24) is 0 Å². The minimum atomic E-state index is -0.743. The Labute approximate surface area is 346 Å². The molecular weight excluding hydrogens is 685 g/mol. The van der Waals surface area contributed by atoms with E-state index in [1.54, 1.807) is 0 Å². The van der Waals surface area contributed by atoms with Gasteiger partial charge in [-0.2, -0.15) is 0 Å². The molecule has 0 N–H and O–H groups in total.